The van der Waals surface area contributed by atoms with Crippen LogP contribution in [0.3, 0.4) is 0 Å². The van der Waals surface area contributed by atoms with Crippen LogP contribution >= 0.6 is 0 Å². The summed E-state index contributed by atoms with van der Waals surface area (Å²) < 4.78 is 23.6. The predicted molar refractivity (Wildman–Crippen MR) is 132 cm³/mol. The second kappa shape index (κ2) is 9.92. The van der Waals surface area contributed by atoms with Gasteiger partial charge in [-0.1, -0.05) is 31.0 Å². The molecule has 3 aliphatic rings. The SMILES string of the molecule is COc1ccc(-c2ccc3c(c2)CCC3=O)c(OCC2(C(=O)OC3CCCCCC3)CC2)c1OC. The molecule has 3 aliphatic carbocycles. The minimum Gasteiger partial charge on any atom is -0.493 e. The van der Waals surface area contributed by atoms with Gasteiger partial charge in [-0.3, -0.25) is 9.59 Å². The number of rotatable bonds is 8. The third-order valence-electron chi connectivity index (χ3n) is 7.69. The molecule has 0 amide bonds. The van der Waals surface area contributed by atoms with E-state index in [1.807, 2.05) is 24.3 Å². The molecule has 0 heterocycles. The number of aryl methyl sites for hydroxylation is 1. The molecule has 0 bridgehead atoms. The standard InChI is InChI=1S/C29H34O6/c1-32-25-14-12-23(20-9-11-22-19(17-20)10-13-24(22)30)26(27(25)33-2)34-18-29(15-16-29)28(31)35-21-7-5-3-4-6-8-21/h9,11-12,14,17,21H,3-8,10,13,15-16,18H2,1-2H3. The molecule has 0 saturated heterocycles. The first-order valence-corrected chi connectivity index (χ1v) is 12.8. The Morgan fingerprint density at radius 2 is 1.66 bits per heavy atom. The molecular weight excluding hydrogens is 444 g/mol. The van der Waals surface area contributed by atoms with Crippen LogP contribution in [0.5, 0.6) is 17.2 Å². The van der Waals surface area contributed by atoms with E-state index in [1.54, 1.807) is 14.2 Å². The van der Waals surface area contributed by atoms with E-state index < -0.39 is 5.41 Å². The average Bonchev–Trinajstić information content (AvgIpc) is 3.64. The normalized spacial score (nSPS) is 19.0. The molecule has 0 spiro atoms. The number of methoxy groups -OCH3 is 2. The molecule has 186 valence electrons. The Morgan fingerprint density at radius 1 is 0.914 bits per heavy atom. The number of ketones is 1. The Balaban J connectivity index is 1.40. The Hall–Kier alpha value is -3.02. The van der Waals surface area contributed by atoms with Gasteiger partial charge in [0.15, 0.2) is 17.3 Å². The third-order valence-corrected chi connectivity index (χ3v) is 7.69. The summed E-state index contributed by atoms with van der Waals surface area (Å²) in [6.45, 7) is 0.235. The predicted octanol–water partition coefficient (Wildman–Crippen LogP) is 5.92. The number of fused-ring (bicyclic) bond motifs is 1. The van der Waals surface area contributed by atoms with Crippen molar-refractivity contribution in [2.45, 2.75) is 70.3 Å². The van der Waals surface area contributed by atoms with Crippen LogP contribution in [0.15, 0.2) is 30.3 Å². The maximum Gasteiger partial charge on any atom is 0.315 e. The monoisotopic (exact) mass is 478 g/mol. The minimum atomic E-state index is -0.595. The van der Waals surface area contributed by atoms with Crippen molar-refractivity contribution in [2.75, 3.05) is 20.8 Å². The van der Waals surface area contributed by atoms with Crippen LogP contribution in [-0.2, 0) is 16.0 Å². The first-order chi connectivity index (χ1) is 17.0. The summed E-state index contributed by atoms with van der Waals surface area (Å²) in [7, 11) is 3.18. The lowest BCUT2D eigenvalue weighted by molar-refractivity contribution is -0.157. The van der Waals surface area contributed by atoms with Gasteiger partial charge in [-0.25, -0.2) is 0 Å². The fourth-order valence-electron chi connectivity index (χ4n) is 5.30. The molecule has 2 aromatic carbocycles. The van der Waals surface area contributed by atoms with Gasteiger partial charge in [0.05, 0.1) is 14.2 Å². The van der Waals surface area contributed by atoms with Crippen LogP contribution in [0, 0.1) is 5.41 Å². The zero-order valence-electron chi connectivity index (χ0n) is 20.7. The molecule has 0 atom stereocenters. The first-order valence-electron chi connectivity index (χ1n) is 12.8. The number of hydrogen-bond donors (Lipinski definition) is 0. The molecule has 0 radical (unpaired) electrons. The highest BCUT2D eigenvalue weighted by Gasteiger charge is 2.53. The van der Waals surface area contributed by atoms with Gasteiger partial charge < -0.3 is 18.9 Å². The number of ether oxygens (including phenoxy) is 4. The maximum absolute atomic E-state index is 13.1. The van der Waals surface area contributed by atoms with Gasteiger partial charge in [-0.15, -0.1) is 0 Å². The topological polar surface area (TPSA) is 71.1 Å². The van der Waals surface area contributed by atoms with Crippen LogP contribution in [0.4, 0.5) is 0 Å². The Morgan fingerprint density at radius 3 is 2.34 bits per heavy atom. The summed E-state index contributed by atoms with van der Waals surface area (Å²) >= 11 is 0. The fourth-order valence-corrected chi connectivity index (χ4v) is 5.30. The summed E-state index contributed by atoms with van der Waals surface area (Å²) in [5.74, 6) is 1.66. The van der Waals surface area contributed by atoms with E-state index in [1.165, 1.54) is 12.8 Å². The number of carbonyl (C=O) groups excluding carboxylic acids is 2. The van der Waals surface area contributed by atoms with Crippen LogP contribution in [0.1, 0.15) is 73.7 Å². The zero-order valence-corrected chi connectivity index (χ0v) is 20.7. The van der Waals surface area contributed by atoms with Crippen LogP contribution in [0.2, 0.25) is 0 Å². The second-order valence-electron chi connectivity index (χ2n) is 10.1. The first kappa shape index (κ1) is 23.7. The quantitative estimate of drug-likeness (QED) is 0.346. The molecule has 5 rings (SSSR count). The van der Waals surface area contributed by atoms with Crippen LogP contribution in [0.25, 0.3) is 11.1 Å². The fraction of sp³-hybridized carbons (Fsp3) is 0.517. The van der Waals surface area contributed by atoms with E-state index in [0.29, 0.717) is 23.7 Å². The summed E-state index contributed by atoms with van der Waals surface area (Å²) in [4.78, 5) is 25.2. The van der Waals surface area contributed by atoms with E-state index in [4.69, 9.17) is 18.9 Å². The van der Waals surface area contributed by atoms with Gasteiger partial charge in [0.1, 0.15) is 18.1 Å². The van der Waals surface area contributed by atoms with Crippen molar-refractivity contribution in [2.24, 2.45) is 5.41 Å². The molecule has 0 N–H and O–H groups in total. The summed E-state index contributed by atoms with van der Waals surface area (Å²) in [5, 5.41) is 0. The zero-order chi connectivity index (χ0) is 24.4. The van der Waals surface area contributed by atoms with Gasteiger partial charge in [-0.2, -0.15) is 0 Å². The average molecular weight is 479 g/mol. The number of carbonyl (C=O) groups is 2. The van der Waals surface area contributed by atoms with Gasteiger partial charge in [-0.05, 0) is 68.2 Å². The summed E-state index contributed by atoms with van der Waals surface area (Å²) in [6, 6.07) is 9.70. The lowest BCUT2D eigenvalue weighted by Gasteiger charge is -2.23. The second-order valence-corrected chi connectivity index (χ2v) is 10.1. The molecule has 2 fully saturated rings. The number of Topliss-reactive ketones (excluding diaryl/α,β-unsaturated/α-hetero) is 1. The van der Waals surface area contributed by atoms with Crippen molar-refractivity contribution < 1.29 is 28.5 Å². The van der Waals surface area contributed by atoms with Gasteiger partial charge >= 0.3 is 5.97 Å². The number of esters is 1. The van der Waals surface area contributed by atoms with Gasteiger partial charge in [0.2, 0.25) is 5.75 Å². The molecule has 6 heteroatoms. The highest BCUT2D eigenvalue weighted by molar-refractivity contribution is 6.01. The third kappa shape index (κ3) is 4.75. The van der Waals surface area contributed by atoms with Crippen molar-refractivity contribution in [3.8, 4) is 28.4 Å². The molecule has 2 aromatic rings. The van der Waals surface area contributed by atoms with Crippen LogP contribution < -0.4 is 14.2 Å². The van der Waals surface area contributed by atoms with Crippen molar-refractivity contribution in [1.29, 1.82) is 0 Å². The summed E-state index contributed by atoms with van der Waals surface area (Å²) in [5.41, 5.74) is 3.05. The largest absolute Gasteiger partial charge is 0.493 e. The molecule has 35 heavy (non-hydrogen) atoms. The Labute approximate surface area is 206 Å². The van der Waals surface area contributed by atoms with E-state index in [0.717, 1.165) is 67.2 Å². The van der Waals surface area contributed by atoms with Gasteiger partial charge in [0.25, 0.3) is 0 Å². The van der Waals surface area contributed by atoms with Crippen molar-refractivity contribution in [3.63, 3.8) is 0 Å². The van der Waals surface area contributed by atoms with E-state index >= 15 is 0 Å². The van der Waals surface area contributed by atoms with Crippen molar-refractivity contribution in [1.82, 2.24) is 0 Å². The Bertz CT molecular complexity index is 1110. The molecule has 0 aliphatic heterocycles. The lowest BCUT2D eigenvalue weighted by Crippen LogP contribution is -2.29. The van der Waals surface area contributed by atoms with Gasteiger partial charge in [0, 0.05) is 17.5 Å². The Kier molecular flexibility index (Phi) is 6.72. The highest BCUT2D eigenvalue weighted by atomic mass is 16.6. The molecule has 2 saturated carbocycles. The van der Waals surface area contributed by atoms with E-state index in [-0.39, 0.29) is 24.5 Å². The molecule has 0 unspecified atom stereocenters. The molecular formula is C29H34O6. The number of hydrogen-bond acceptors (Lipinski definition) is 6. The lowest BCUT2D eigenvalue weighted by atomic mass is 9.99. The smallest absolute Gasteiger partial charge is 0.315 e. The molecule has 0 aromatic heterocycles. The van der Waals surface area contributed by atoms with Crippen molar-refractivity contribution >= 4 is 11.8 Å². The van der Waals surface area contributed by atoms with Crippen molar-refractivity contribution in [3.05, 3.63) is 41.5 Å². The minimum absolute atomic E-state index is 0.0264. The maximum atomic E-state index is 13.1. The molecule has 6 nitrogen and oxygen atoms in total. The van der Waals surface area contributed by atoms with E-state index in [9.17, 15) is 9.59 Å². The number of benzene rings is 2. The van der Waals surface area contributed by atoms with E-state index in [2.05, 4.69) is 6.07 Å². The van der Waals surface area contributed by atoms with Crippen LogP contribution in [-0.4, -0.2) is 38.7 Å². The highest BCUT2D eigenvalue weighted by Crippen LogP contribution is 2.50. The summed E-state index contributed by atoms with van der Waals surface area (Å²) in [6.07, 6.45) is 9.46.